The number of carbonyl (C=O) groups excluding carboxylic acids is 1. The molecular formula is C22H24ClN3O3S. The van der Waals surface area contributed by atoms with Crippen LogP contribution in [0.5, 0.6) is 5.75 Å². The van der Waals surface area contributed by atoms with Gasteiger partial charge in [-0.3, -0.25) is 4.79 Å². The maximum atomic E-state index is 12.8. The molecule has 0 radical (unpaired) electrons. The molecule has 158 valence electrons. The fraction of sp³-hybridized carbons (Fsp3) is 0.318. The number of halogens is 1. The molecule has 8 heteroatoms. The van der Waals surface area contributed by atoms with Crippen molar-refractivity contribution in [2.45, 2.75) is 38.3 Å². The zero-order valence-corrected chi connectivity index (χ0v) is 18.7. The monoisotopic (exact) mass is 445 g/mol. The molecule has 1 heterocycles. The van der Waals surface area contributed by atoms with Crippen LogP contribution in [0.3, 0.4) is 0 Å². The summed E-state index contributed by atoms with van der Waals surface area (Å²) >= 11 is 7.41. The van der Waals surface area contributed by atoms with Crippen molar-refractivity contribution in [2.24, 2.45) is 0 Å². The van der Waals surface area contributed by atoms with E-state index in [1.165, 1.54) is 11.8 Å². The lowest BCUT2D eigenvalue weighted by Gasteiger charge is -2.25. The lowest BCUT2D eigenvalue weighted by molar-refractivity contribution is -0.131. The van der Waals surface area contributed by atoms with E-state index in [-0.39, 0.29) is 18.5 Å². The summed E-state index contributed by atoms with van der Waals surface area (Å²) in [4.78, 5) is 15.6. The maximum Gasteiger partial charge on any atom is 0.247 e. The minimum atomic E-state index is 0.00399. The van der Waals surface area contributed by atoms with E-state index in [4.69, 9.17) is 20.8 Å². The molecule has 3 aromatic rings. The van der Waals surface area contributed by atoms with E-state index in [9.17, 15) is 4.79 Å². The van der Waals surface area contributed by atoms with Crippen molar-refractivity contribution in [3.63, 3.8) is 0 Å². The van der Waals surface area contributed by atoms with E-state index in [0.29, 0.717) is 29.2 Å². The minimum absolute atomic E-state index is 0.00399. The van der Waals surface area contributed by atoms with Crippen molar-refractivity contribution in [1.82, 2.24) is 15.1 Å². The summed E-state index contributed by atoms with van der Waals surface area (Å²) in [5.41, 5.74) is 0.784. The molecule has 30 heavy (non-hydrogen) atoms. The van der Waals surface area contributed by atoms with Gasteiger partial charge < -0.3 is 14.1 Å². The second kappa shape index (κ2) is 10.5. The molecular weight excluding hydrogens is 422 g/mol. The molecule has 3 rings (SSSR count). The topological polar surface area (TPSA) is 68.5 Å². The first-order valence-electron chi connectivity index (χ1n) is 9.69. The molecule has 0 saturated carbocycles. The molecule has 1 amide bonds. The largest absolute Gasteiger partial charge is 0.494 e. The lowest BCUT2D eigenvalue weighted by Crippen LogP contribution is -2.37. The van der Waals surface area contributed by atoms with E-state index in [0.717, 1.165) is 16.2 Å². The third kappa shape index (κ3) is 6.00. The molecule has 0 spiro atoms. The molecule has 0 bridgehead atoms. The quantitative estimate of drug-likeness (QED) is 0.415. The van der Waals surface area contributed by atoms with Gasteiger partial charge in [-0.15, -0.1) is 22.0 Å². The van der Waals surface area contributed by atoms with Gasteiger partial charge in [0.05, 0.1) is 18.9 Å². The van der Waals surface area contributed by atoms with Gasteiger partial charge in [-0.05, 0) is 69.3 Å². The van der Waals surface area contributed by atoms with Gasteiger partial charge in [0.1, 0.15) is 5.75 Å². The maximum absolute atomic E-state index is 12.8. The first kappa shape index (κ1) is 22.2. The van der Waals surface area contributed by atoms with Gasteiger partial charge in [-0.2, -0.15) is 0 Å². The predicted octanol–water partition coefficient (Wildman–Crippen LogP) is 5.32. The Labute approximate surface area is 185 Å². The minimum Gasteiger partial charge on any atom is -0.494 e. The average Bonchev–Trinajstić information content (AvgIpc) is 3.20. The second-order valence-electron chi connectivity index (χ2n) is 6.82. The van der Waals surface area contributed by atoms with Crippen LogP contribution < -0.4 is 4.74 Å². The molecule has 1 aromatic heterocycles. The number of amides is 1. The van der Waals surface area contributed by atoms with E-state index in [2.05, 4.69) is 10.2 Å². The van der Waals surface area contributed by atoms with Crippen molar-refractivity contribution >= 4 is 29.3 Å². The van der Waals surface area contributed by atoms with Gasteiger partial charge in [-0.25, -0.2) is 0 Å². The highest BCUT2D eigenvalue weighted by atomic mass is 35.5. The fourth-order valence-corrected chi connectivity index (χ4v) is 3.67. The Hall–Kier alpha value is -2.51. The number of ether oxygens (including phenoxy) is 1. The number of hydrogen-bond donors (Lipinski definition) is 0. The van der Waals surface area contributed by atoms with Crippen LogP contribution in [0.25, 0.3) is 11.5 Å². The van der Waals surface area contributed by atoms with Crippen molar-refractivity contribution in [1.29, 1.82) is 0 Å². The number of benzene rings is 2. The number of aromatic nitrogens is 2. The smallest absolute Gasteiger partial charge is 0.247 e. The third-order valence-corrected chi connectivity index (χ3v) is 5.55. The molecule has 0 fully saturated rings. The number of hydrogen-bond acceptors (Lipinski definition) is 6. The van der Waals surface area contributed by atoms with Gasteiger partial charge >= 0.3 is 0 Å². The summed E-state index contributed by atoms with van der Waals surface area (Å²) in [6.45, 7) is 6.78. The summed E-state index contributed by atoms with van der Waals surface area (Å²) in [5.74, 6) is 1.96. The van der Waals surface area contributed by atoms with Crippen LogP contribution in [0, 0.1) is 0 Å². The zero-order chi connectivity index (χ0) is 21.5. The number of thioether (sulfide) groups is 1. The molecule has 0 atom stereocenters. The molecule has 0 aliphatic heterocycles. The molecule has 0 N–H and O–H groups in total. The molecule has 0 aliphatic carbocycles. The van der Waals surface area contributed by atoms with Crippen LogP contribution in [-0.2, 0) is 11.3 Å². The van der Waals surface area contributed by atoms with Gasteiger partial charge in [0, 0.05) is 21.5 Å². The highest BCUT2D eigenvalue weighted by Gasteiger charge is 2.21. The first-order valence-corrected chi connectivity index (χ1v) is 11.1. The molecule has 0 saturated heterocycles. The van der Waals surface area contributed by atoms with E-state index in [1.807, 2.05) is 57.2 Å². The molecule has 2 aromatic carbocycles. The predicted molar refractivity (Wildman–Crippen MR) is 119 cm³/mol. The second-order valence-corrected chi connectivity index (χ2v) is 8.30. The molecule has 0 unspecified atom stereocenters. The van der Waals surface area contributed by atoms with Gasteiger partial charge in [0.15, 0.2) is 0 Å². The van der Waals surface area contributed by atoms with E-state index in [1.54, 1.807) is 17.0 Å². The van der Waals surface area contributed by atoms with Crippen molar-refractivity contribution in [2.75, 3.05) is 12.4 Å². The number of rotatable bonds is 9. The van der Waals surface area contributed by atoms with E-state index >= 15 is 0 Å². The molecule has 6 nitrogen and oxygen atoms in total. The Bertz CT molecular complexity index is 959. The lowest BCUT2D eigenvalue weighted by atomic mass is 10.2. The van der Waals surface area contributed by atoms with Crippen LogP contribution in [-0.4, -0.2) is 39.4 Å². The fourth-order valence-electron chi connectivity index (χ4n) is 2.76. The molecule has 0 aliphatic rings. The Morgan fingerprint density at radius 2 is 1.83 bits per heavy atom. The van der Waals surface area contributed by atoms with Crippen molar-refractivity contribution in [3.8, 4) is 17.2 Å². The SMILES string of the molecule is CCOc1ccc(SCC(=O)N(Cc2nnc(-c3ccc(Cl)cc3)o2)C(C)C)cc1. The van der Waals surface area contributed by atoms with Gasteiger partial charge in [-0.1, -0.05) is 11.6 Å². The summed E-state index contributed by atoms with van der Waals surface area (Å²) in [6, 6.07) is 14.9. The zero-order valence-electron chi connectivity index (χ0n) is 17.2. The normalized spacial score (nSPS) is 11.0. The standard InChI is InChI=1S/C22H24ClN3O3S/c1-4-28-18-9-11-19(12-10-18)30-14-21(27)26(15(2)3)13-20-24-25-22(29-20)16-5-7-17(23)8-6-16/h5-12,15H,4,13-14H2,1-3H3. The van der Waals surface area contributed by atoms with Crippen LogP contribution in [0.2, 0.25) is 5.02 Å². The average molecular weight is 446 g/mol. The number of carbonyl (C=O) groups is 1. The Kier molecular flexibility index (Phi) is 7.76. The number of nitrogens with zero attached hydrogens (tertiary/aromatic N) is 3. The third-order valence-electron chi connectivity index (χ3n) is 4.30. The van der Waals surface area contributed by atoms with Crippen molar-refractivity contribution < 1.29 is 13.9 Å². The van der Waals surface area contributed by atoms with Gasteiger partial charge in [0.25, 0.3) is 0 Å². The Morgan fingerprint density at radius 3 is 2.47 bits per heavy atom. The summed E-state index contributed by atoms with van der Waals surface area (Å²) in [7, 11) is 0. The Balaban J connectivity index is 1.61. The summed E-state index contributed by atoms with van der Waals surface area (Å²) in [5, 5.41) is 8.83. The van der Waals surface area contributed by atoms with Gasteiger partial charge in [0.2, 0.25) is 17.7 Å². The van der Waals surface area contributed by atoms with Crippen LogP contribution in [0.1, 0.15) is 26.7 Å². The van der Waals surface area contributed by atoms with Crippen LogP contribution in [0.15, 0.2) is 57.8 Å². The highest BCUT2D eigenvalue weighted by Crippen LogP contribution is 2.24. The first-order chi connectivity index (χ1) is 14.5. The summed E-state index contributed by atoms with van der Waals surface area (Å²) in [6.07, 6.45) is 0. The highest BCUT2D eigenvalue weighted by molar-refractivity contribution is 8.00. The van der Waals surface area contributed by atoms with Crippen LogP contribution in [0.4, 0.5) is 0 Å². The van der Waals surface area contributed by atoms with Crippen molar-refractivity contribution in [3.05, 3.63) is 59.4 Å². The van der Waals surface area contributed by atoms with Crippen LogP contribution >= 0.6 is 23.4 Å². The Morgan fingerprint density at radius 1 is 1.13 bits per heavy atom. The summed E-state index contributed by atoms with van der Waals surface area (Å²) < 4.78 is 11.2. The van der Waals surface area contributed by atoms with E-state index < -0.39 is 0 Å².